The van der Waals surface area contributed by atoms with Gasteiger partial charge in [0.2, 0.25) is 5.91 Å². The van der Waals surface area contributed by atoms with Gasteiger partial charge in [0.1, 0.15) is 0 Å². The first-order chi connectivity index (χ1) is 9.24. The number of hydrogen-bond acceptors (Lipinski definition) is 2. The zero-order valence-corrected chi connectivity index (χ0v) is 11.3. The summed E-state index contributed by atoms with van der Waals surface area (Å²) in [6.45, 7) is 2.03. The number of hydrogen-bond donors (Lipinski definition) is 0. The van der Waals surface area contributed by atoms with Crippen LogP contribution in [0.15, 0.2) is 36.4 Å². The Morgan fingerprint density at radius 1 is 1.16 bits per heavy atom. The molecule has 0 saturated carbocycles. The zero-order valence-electron chi connectivity index (χ0n) is 11.3. The number of rotatable bonds is 2. The van der Waals surface area contributed by atoms with E-state index in [-0.39, 0.29) is 5.91 Å². The van der Waals surface area contributed by atoms with Gasteiger partial charge in [0, 0.05) is 31.2 Å². The molecule has 2 heterocycles. The number of nitrogens with zero attached hydrogens (tertiary/aromatic N) is 2. The average Bonchev–Trinajstić information content (AvgIpc) is 2.70. The van der Waals surface area contributed by atoms with Crippen LogP contribution in [0.3, 0.4) is 0 Å². The van der Waals surface area contributed by atoms with Crippen molar-refractivity contribution in [3.8, 4) is 0 Å². The number of piperazine rings is 1. The van der Waals surface area contributed by atoms with E-state index in [0.29, 0.717) is 12.1 Å². The largest absolute Gasteiger partial charge is 0.331 e. The molecule has 19 heavy (non-hydrogen) atoms. The summed E-state index contributed by atoms with van der Waals surface area (Å²) in [5.74, 6) is 0.171. The van der Waals surface area contributed by atoms with Gasteiger partial charge in [-0.1, -0.05) is 30.3 Å². The summed E-state index contributed by atoms with van der Waals surface area (Å²) in [6.07, 6.45) is 5.95. The molecule has 3 nitrogen and oxygen atoms in total. The molecule has 100 valence electrons. The van der Waals surface area contributed by atoms with Crippen molar-refractivity contribution in [3.05, 3.63) is 42.0 Å². The molecule has 1 aromatic carbocycles. The molecule has 3 rings (SSSR count). The second kappa shape index (κ2) is 5.17. The Kier molecular flexibility index (Phi) is 3.38. The monoisotopic (exact) mass is 256 g/mol. The van der Waals surface area contributed by atoms with E-state index in [2.05, 4.69) is 16.8 Å². The molecule has 0 N–H and O–H groups in total. The zero-order chi connectivity index (χ0) is 13.2. The maximum Gasteiger partial charge on any atom is 0.247 e. The van der Waals surface area contributed by atoms with Gasteiger partial charge in [0.25, 0.3) is 0 Å². The van der Waals surface area contributed by atoms with Crippen LogP contribution in [0.4, 0.5) is 0 Å². The fraction of sp³-hybridized carbons (Fsp3) is 0.438. The van der Waals surface area contributed by atoms with E-state index in [9.17, 15) is 4.79 Å². The molecule has 1 amide bonds. The summed E-state index contributed by atoms with van der Waals surface area (Å²) in [7, 11) is 2.15. The Balaban J connectivity index is 1.70. The molecular weight excluding hydrogens is 236 g/mol. The van der Waals surface area contributed by atoms with Gasteiger partial charge in [-0.3, -0.25) is 4.79 Å². The minimum atomic E-state index is 0.171. The standard InChI is InChI=1S/C16H20N2O/c1-17-11-14-8-9-15(12-17)18(14)16(19)10-7-13-5-3-2-4-6-13/h2-7,10,14-15H,8-9,11-12H2,1H3. The lowest BCUT2D eigenvalue weighted by molar-refractivity contribution is -0.131. The molecule has 2 aliphatic rings. The van der Waals surface area contributed by atoms with Crippen molar-refractivity contribution in [2.75, 3.05) is 20.1 Å². The van der Waals surface area contributed by atoms with E-state index in [1.807, 2.05) is 36.4 Å². The molecule has 0 radical (unpaired) electrons. The van der Waals surface area contributed by atoms with Crippen LogP contribution in [0.5, 0.6) is 0 Å². The van der Waals surface area contributed by atoms with Gasteiger partial charge in [0.15, 0.2) is 0 Å². The van der Waals surface area contributed by atoms with Crippen molar-refractivity contribution < 1.29 is 4.79 Å². The summed E-state index contributed by atoms with van der Waals surface area (Å²) < 4.78 is 0. The first-order valence-electron chi connectivity index (χ1n) is 6.98. The highest BCUT2D eigenvalue weighted by atomic mass is 16.2. The third-order valence-corrected chi connectivity index (χ3v) is 4.14. The van der Waals surface area contributed by atoms with E-state index in [1.165, 1.54) is 0 Å². The van der Waals surface area contributed by atoms with E-state index in [1.54, 1.807) is 6.08 Å². The molecule has 2 unspecified atom stereocenters. The Morgan fingerprint density at radius 2 is 1.79 bits per heavy atom. The minimum Gasteiger partial charge on any atom is -0.331 e. The number of benzene rings is 1. The first-order valence-corrected chi connectivity index (χ1v) is 6.98. The van der Waals surface area contributed by atoms with Crippen LogP contribution >= 0.6 is 0 Å². The van der Waals surface area contributed by atoms with Gasteiger partial charge >= 0.3 is 0 Å². The number of carbonyl (C=O) groups excluding carboxylic acids is 1. The molecule has 0 aromatic heterocycles. The number of amides is 1. The lowest BCUT2D eigenvalue weighted by Gasteiger charge is -2.39. The second-order valence-corrected chi connectivity index (χ2v) is 5.60. The van der Waals surface area contributed by atoms with Crippen LogP contribution < -0.4 is 0 Å². The second-order valence-electron chi connectivity index (χ2n) is 5.60. The fourth-order valence-corrected chi connectivity index (χ4v) is 3.29. The minimum absolute atomic E-state index is 0.171. The number of carbonyl (C=O) groups is 1. The van der Waals surface area contributed by atoms with Crippen molar-refractivity contribution in [3.63, 3.8) is 0 Å². The fourth-order valence-electron chi connectivity index (χ4n) is 3.29. The predicted octanol–water partition coefficient (Wildman–Crippen LogP) is 2.00. The topological polar surface area (TPSA) is 23.6 Å². The first kappa shape index (κ1) is 12.4. The average molecular weight is 256 g/mol. The summed E-state index contributed by atoms with van der Waals surface area (Å²) >= 11 is 0. The molecule has 0 aliphatic carbocycles. The van der Waals surface area contributed by atoms with Crippen LogP contribution in [0.25, 0.3) is 6.08 Å². The molecule has 3 heteroatoms. The van der Waals surface area contributed by atoms with Crippen LogP contribution in [-0.4, -0.2) is 47.9 Å². The van der Waals surface area contributed by atoms with Crippen LogP contribution in [0, 0.1) is 0 Å². The molecule has 2 saturated heterocycles. The smallest absolute Gasteiger partial charge is 0.247 e. The highest BCUT2D eigenvalue weighted by Crippen LogP contribution is 2.29. The van der Waals surface area contributed by atoms with Gasteiger partial charge in [-0.2, -0.15) is 0 Å². The Morgan fingerprint density at radius 3 is 2.42 bits per heavy atom. The maximum atomic E-state index is 12.4. The highest BCUT2D eigenvalue weighted by molar-refractivity contribution is 5.92. The molecule has 2 atom stereocenters. The third-order valence-electron chi connectivity index (χ3n) is 4.14. The van der Waals surface area contributed by atoms with Gasteiger partial charge < -0.3 is 9.80 Å². The van der Waals surface area contributed by atoms with E-state index in [4.69, 9.17) is 0 Å². The third kappa shape index (κ3) is 2.56. The van der Waals surface area contributed by atoms with Crippen molar-refractivity contribution in [2.24, 2.45) is 0 Å². The van der Waals surface area contributed by atoms with Crippen molar-refractivity contribution in [1.29, 1.82) is 0 Å². The quantitative estimate of drug-likeness (QED) is 0.756. The van der Waals surface area contributed by atoms with Crippen LogP contribution in [0.1, 0.15) is 18.4 Å². The van der Waals surface area contributed by atoms with E-state index in [0.717, 1.165) is 31.5 Å². The molecule has 0 spiro atoms. The summed E-state index contributed by atoms with van der Waals surface area (Å²) in [5, 5.41) is 0. The molecular formula is C16H20N2O. The van der Waals surface area contributed by atoms with E-state index >= 15 is 0 Å². The molecule has 2 aliphatic heterocycles. The van der Waals surface area contributed by atoms with Crippen molar-refractivity contribution >= 4 is 12.0 Å². The summed E-state index contributed by atoms with van der Waals surface area (Å²) in [5.41, 5.74) is 1.08. The molecule has 1 aromatic rings. The van der Waals surface area contributed by atoms with Gasteiger partial charge in [-0.05, 0) is 31.5 Å². The van der Waals surface area contributed by atoms with Gasteiger partial charge in [-0.15, -0.1) is 0 Å². The van der Waals surface area contributed by atoms with E-state index < -0.39 is 0 Å². The van der Waals surface area contributed by atoms with Crippen LogP contribution in [0.2, 0.25) is 0 Å². The molecule has 2 fully saturated rings. The van der Waals surface area contributed by atoms with Crippen LogP contribution in [-0.2, 0) is 4.79 Å². The highest BCUT2D eigenvalue weighted by Gasteiger charge is 2.40. The maximum absolute atomic E-state index is 12.4. The van der Waals surface area contributed by atoms with Crippen molar-refractivity contribution in [1.82, 2.24) is 9.80 Å². The normalized spacial score (nSPS) is 27.1. The Hall–Kier alpha value is -1.61. The summed E-state index contributed by atoms with van der Waals surface area (Å²) in [4.78, 5) is 16.8. The van der Waals surface area contributed by atoms with Crippen molar-refractivity contribution in [2.45, 2.75) is 24.9 Å². The molecule has 2 bridgehead atoms. The number of fused-ring (bicyclic) bond motifs is 2. The Labute approximate surface area is 114 Å². The number of likely N-dealkylation sites (N-methyl/N-ethyl adjacent to an activating group) is 1. The number of likely N-dealkylation sites (tertiary alicyclic amines) is 1. The van der Waals surface area contributed by atoms with Gasteiger partial charge in [-0.25, -0.2) is 0 Å². The van der Waals surface area contributed by atoms with Gasteiger partial charge in [0.05, 0.1) is 0 Å². The predicted molar refractivity (Wildman–Crippen MR) is 76.6 cm³/mol. The summed E-state index contributed by atoms with van der Waals surface area (Å²) in [6, 6.07) is 10.8. The lowest BCUT2D eigenvalue weighted by Crippen LogP contribution is -2.54. The lowest BCUT2D eigenvalue weighted by atomic mass is 10.1. The Bertz CT molecular complexity index is 469. The SMILES string of the molecule is CN1CC2CCC(C1)N2C(=O)C=Cc1ccccc1.